The monoisotopic (exact) mass is 344 g/mol. The van der Waals surface area contributed by atoms with E-state index in [0.717, 1.165) is 26.8 Å². The minimum absolute atomic E-state index is 0.0200. The van der Waals surface area contributed by atoms with Crippen LogP contribution in [0.4, 0.5) is 0 Å². The number of nitrogens with zero attached hydrogens (tertiary/aromatic N) is 2. The van der Waals surface area contributed by atoms with Gasteiger partial charge in [0.15, 0.2) is 4.96 Å². The zero-order valence-electron chi connectivity index (χ0n) is 14.2. The maximum Gasteiger partial charge on any atom is 0.308 e. The summed E-state index contributed by atoms with van der Waals surface area (Å²) >= 11 is 1.39. The van der Waals surface area contributed by atoms with Gasteiger partial charge in [-0.15, -0.1) is 11.3 Å². The lowest BCUT2D eigenvalue weighted by atomic mass is 9.86. The molecule has 24 heavy (non-hydrogen) atoms. The van der Waals surface area contributed by atoms with E-state index in [4.69, 9.17) is 9.84 Å². The van der Waals surface area contributed by atoms with Gasteiger partial charge in [0.2, 0.25) is 0 Å². The Balaban J connectivity index is 2.05. The van der Waals surface area contributed by atoms with Crippen LogP contribution < -0.4 is 4.74 Å². The van der Waals surface area contributed by atoms with Gasteiger partial charge in [0.05, 0.1) is 19.2 Å². The molecule has 126 valence electrons. The van der Waals surface area contributed by atoms with Gasteiger partial charge in [-0.2, -0.15) is 0 Å². The van der Waals surface area contributed by atoms with Crippen LogP contribution in [0.25, 0.3) is 16.2 Å². The van der Waals surface area contributed by atoms with Gasteiger partial charge in [-0.3, -0.25) is 9.20 Å². The average Bonchev–Trinajstić information content (AvgIpc) is 3.02. The van der Waals surface area contributed by atoms with Gasteiger partial charge in [0.1, 0.15) is 5.75 Å². The van der Waals surface area contributed by atoms with E-state index in [2.05, 4.69) is 37.9 Å². The summed E-state index contributed by atoms with van der Waals surface area (Å²) in [6, 6.07) is 6.16. The summed E-state index contributed by atoms with van der Waals surface area (Å²) in [5.41, 5.74) is 3.01. The number of rotatable bonds is 4. The van der Waals surface area contributed by atoms with Crippen LogP contribution in [0.5, 0.6) is 5.75 Å². The maximum atomic E-state index is 10.8. The van der Waals surface area contributed by atoms with Crippen LogP contribution in [0.1, 0.15) is 31.2 Å². The summed E-state index contributed by atoms with van der Waals surface area (Å²) in [6.07, 6.45) is 3.76. The minimum Gasteiger partial charge on any atom is -0.496 e. The maximum absolute atomic E-state index is 10.8. The highest BCUT2D eigenvalue weighted by atomic mass is 32.1. The first-order chi connectivity index (χ1) is 11.3. The number of ether oxygens (including phenoxy) is 1. The number of hydrogen-bond donors (Lipinski definition) is 1. The smallest absolute Gasteiger partial charge is 0.308 e. The van der Waals surface area contributed by atoms with E-state index < -0.39 is 5.97 Å². The summed E-state index contributed by atoms with van der Waals surface area (Å²) in [7, 11) is 1.65. The fourth-order valence-corrected chi connectivity index (χ4v) is 3.53. The van der Waals surface area contributed by atoms with Crippen LogP contribution >= 0.6 is 11.3 Å². The Kier molecular flexibility index (Phi) is 4.09. The van der Waals surface area contributed by atoms with E-state index in [-0.39, 0.29) is 11.8 Å². The van der Waals surface area contributed by atoms with Crippen LogP contribution in [-0.4, -0.2) is 27.6 Å². The number of carbonyl (C=O) groups is 1. The fourth-order valence-electron chi connectivity index (χ4n) is 2.58. The summed E-state index contributed by atoms with van der Waals surface area (Å²) in [6.45, 7) is 6.51. The summed E-state index contributed by atoms with van der Waals surface area (Å²) < 4.78 is 7.37. The molecule has 1 aromatic carbocycles. The van der Waals surface area contributed by atoms with Crippen molar-refractivity contribution in [2.75, 3.05) is 7.11 Å². The third kappa shape index (κ3) is 3.14. The molecule has 3 rings (SSSR count). The number of thiazole rings is 1. The van der Waals surface area contributed by atoms with Gasteiger partial charge in [0.25, 0.3) is 0 Å². The van der Waals surface area contributed by atoms with Crippen molar-refractivity contribution in [1.29, 1.82) is 0 Å². The normalized spacial score (nSPS) is 11.8. The van der Waals surface area contributed by atoms with E-state index >= 15 is 0 Å². The van der Waals surface area contributed by atoms with Gasteiger partial charge in [-0.25, -0.2) is 4.98 Å². The number of aromatic nitrogens is 2. The molecular formula is C18H20N2O3S. The molecule has 0 radical (unpaired) electrons. The van der Waals surface area contributed by atoms with Crippen LogP contribution in [0.15, 0.2) is 30.6 Å². The number of aliphatic carboxylic acids is 1. The van der Waals surface area contributed by atoms with Crippen molar-refractivity contribution in [3.63, 3.8) is 0 Å². The highest BCUT2D eigenvalue weighted by molar-refractivity contribution is 7.17. The molecule has 0 spiro atoms. The van der Waals surface area contributed by atoms with Gasteiger partial charge < -0.3 is 9.84 Å². The lowest BCUT2D eigenvalue weighted by Gasteiger charge is -2.20. The molecule has 0 saturated heterocycles. The van der Waals surface area contributed by atoms with E-state index in [1.807, 2.05) is 22.9 Å². The second-order valence-corrected chi connectivity index (χ2v) is 7.84. The summed E-state index contributed by atoms with van der Waals surface area (Å²) in [5, 5.41) is 8.90. The number of methoxy groups -OCH3 is 1. The number of carboxylic acids is 1. The molecule has 0 aliphatic rings. The van der Waals surface area contributed by atoms with Crippen molar-refractivity contribution < 1.29 is 14.6 Å². The molecule has 0 aliphatic carbocycles. The Bertz CT molecular complexity index is 871. The van der Waals surface area contributed by atoms with E-state index in [1.165, 1.54) is 16.9 Å². The van der Waals surface area contributed by atoms with Gasteiger partial charge in [-0.1, -0.05) is 26.8 Å². The number of carboxylic acid groups (broad SMARTS) is 1. The second kappa shape index (κ2) is 5.94. The molecule has 0 amide bonds. The van der Waals surface area contributed by atoms with Crippen molar-refractivity contribution in [2.24, 2.45) is 0 Å². The third-order valence-corrected chi connectivity index (χ3v) is 4.87. The van der Waals surface area contributed by atoms with Crippen molar-refractivity contribution in [3.05, 3.63) is 41.0 Å². The number of benzene rings is 1. The molecule has 2 heterocycles. The minimum atomic E-state index is -0.834. The van der Waals surface area contributed by atoms with E-state index in [1.54, 1.807) is 7.11 Å². The number of fused-ring (bicyclic) bond motifs is 1. The molecule has 6 heteroatoms. The molecule has 0 atom stereocenters. The first kappa shape index (κ1) is 16.5. The largest absolute Gasteiger partial charge is 0.496 e. The predicted octanol–water partition coefficient (Wildman–Crippen LogP) is 4.00. The first-order valence-corrected chi connectivity index (χ1v) is 8.47. The topological polar surface area (TPSA) is 63.8 Å². The van der Waals surface area contributed by atoms with Gasteiger partial charge >= 0.3 is 5.97 Å². The molecule has 0 aliphatic heterocycles. The highest BCUT2D eigenvalue weighted by Crippen LogP contribution is 2.35. The number of hydrogen-bond acceptors (Lipinski definition) is 4. The average molecular weight is 344 g/mol. The van der Waals surface area contributed by atoms with Crippen LogP contribution in [0, 0.1) is 0 Å². The van der Waals surface area contributed by atoms with Crippen molar-refractivity contribution in [3.8, 4) is 17.0 Å². The third-order valence-electron chi connectivity index (χ3n) is 3.87. The lowest BCUT2D eigenvalue weighted by Crippen LogP contribution is -2.11. The molecule has 3 aromatic rings. The molecule has 2 aromatic heterocycles. The van der Waals surface area contributed by atoms with Crippen molar-refractivity contribution in [1.82, 2.24) is 9.38 Å². The zero-order chi connectivity index (χ0) is 17.5. The van der Waals surface area contributed by atoms with Crippen LogP contribution in [-0.2, 0) is 16.6 Å². The van der Waals surface area contributed by atoms with Crippen molar-refractivity contribution >= 4 is 22.3 Å². The summed E-state index contributed by atoms with van der Waals surface area (Å²) in [4.78, 5) is 17.0. The van der Waals surface area contributed by atoms with Crippen molar-refractivity contribution in [2.45, 2.75) is 32.6 Å². The SMILES string of the molecule is COc1ccc(C(C)(C)C)cc1-c1cn2cc(CC(=O)O)sc2n1. The fraction of sp³-hybridized carbons (Fsp3) is 0.333. The highest BCUT2D eigenvalue weighted by Gasteiger charge is 2.18. The molecular weight excluding hydrogens is 324 g/mol. The molecule has 0 unspecified atom stereocenters. The van der Waals surface area contributed by atoms with Gasteiger partial charge in [0, 0.05) is 22.8 Å². The quantitative estimate of drug-likeness (QED) is 0.777. The predicted molar refractivity (Wildman–Crippen MR) is 95.1 cm³/mol. The standard InChI is InChI=1S/C18H20N2O3S/c1-18(2,3)11-5-6-15(23-4)13(7-11)14-10-20-9-12(8-16(21)22)24-17(20)19-14/h5-7,9-10H,8H2,1-4H3,(H,21,22). The van der Waals surface area contributed by atoms with Crippen LogP contribution in [0.3, 0.4) is 0 Å². The molecule has 0 saturated carbocycles. The first-order valence-electron chi connectivity index (χ1n) is 7.66. The van der Waals surface area contributed by atoms with Crippen LogP contribution in [0.2, 0.25) is 0 Å². The Morgan fingerprint density at radius 2 is 2.08 bits per heavy atom. The summed E-state index contributed by atoms with van der Waals surface area (Å²) in [5.74, 6) is -0.0567. The second-order valence-electron chi connectivity index (χ2n) is 6.75. The Hall–Kier alpha value is -2.34. The van der Waals surface area contributed by atoms with Gasteiger partial charge in [-0.05, 0) is 23.1 Å². The Morgan fingerprint density at radius 3 is 2.67 bits per heavy atom. The Labute approximate surface area is 144 Å². The van der Waals surface area contributed by atoms with E-state index in [9.17, 15) is 4.79 Å². The molecule has 5 nitrogen and oxygen atoms in total. The lowest BCUT2D eigenvalue weighted by molar-refractivity contribution is -0.136. The number of imidazole rings is 1. The van der Waals surface area contributed by atoms with E-state index in [0.29, 0.717) is 0 Å². The molecule has 0 bridgehead atoms. The molecule has 1 N–H and O–H groups in total. The molecule has 0 fully saturated rings. The zero-order valence-corrected chi connectivity index (χ0v) is 15.0. The Morgan fingerprint density at radius 1 is 1.33 bits per heavy atom.